The normalized spacial score (nSPS) is 20.9. The summed E-state index contributed by atoms with van der Waals surface area (Å²) in [6.07, 6.45) is 3.31. The van der Waals surface area contributed by atoms with Crippen molar-refractivity contribution in [3.63, 3.8) is 0 Å². The first-order chi connectivity index (χ1) is 8.88. The molecule has 3 heteroatoms. The Bertz CT molecular complexity index is 484. The lowest BCUT2D eigenvalue weighted by molar-refractivity contribution is 0.241. The first-order valence-electron chi connectivity index (χ1n) is 7.33. The highest BCUT2D eigenvalue weighted by Gasteiger charge is 2.24. The zero-order valence-corrected chi connectivity index (χ0v) is 12.5. The topological polar surface area (TPSA) is 44.9 Å². The Labute approximate surface area is 115 Å². The molecule has 0 saturated carbocycles. The van der Waals surface area contributed by atoms with Gasteiger partial charge in [0.2, 0.25) is 5.56 Å². The first kappa shape index (κ1) is 14.3. The SMILES string of the molecule is CC(CNC1CCCc2[nH]c(=O)ccc21)C(C)(C)C. The van der Waals surface area contributed by atoms with E-state index < -0.39 is 0 Å². The summed E-state index contributed by atoms with van der Waals surface area (Å²) < 4.78 is 0. The zero-order valence-electron chi connectivity index (χ0n) is 12.5. The van der Waals surface area contributed by atoms with Crippen LogP contribution in [-0.4, -0.2) is 11.5 Å². The summed E-state index contributed by atoms with van der Waals surface area (Å²) in [5, 5.41) is 3.68. The van der Waals surface area contributed by atoms with Gasteiger partial charge in [-0.25, -0.2) is 0 Å². The lowest BCUT2D eigenvalue weighted by atomic mass is 9.81. The number of pyridine rings is 1. The van der Waals surface area contributed by atoms with Gasteiger partial charge in [-0.15, -0.1) is 0 Å². The fourth-order valence-corrected chi connectivity index (χ4v) is 2.54. The third-order valence-corrected chi connectivity index (χ3v) is 4.48. The minimum atomic E-state index is 0.0162. The fourth-order valence-electron chi connectivity index (χ4n) is 2.54. The summed E-state index contributed by atoms with van der Waals surface area (Å²) in [5.74, 6) is 0.626. The van der Waals surface area contributed by atoms with Gasteiger partial charge in [-0.05, 0) is 42.7 Å². The number of fused-ring (bicyclic) bond motifs is 1. The van der Waals surface area contributed by atoms with Crippen LogP contribution in [-0.2, 0) is 6.42 Å². The molecule has 1 aromatic rings. The molecule has 0 fully saturated rings. The van der Waals surface area contributed by atoms with Crippen molar-refractivity contribution in [3.05, 3.63) is 33.7 Å². The molecule has 1 aliphatic carbocycles. The van der Waals surface area contributed by atoms with E-state index in [0.29, 0.717) is 17.4 Å². The van der Waals surface area contributed by atoms with Crippen LogP contribution in [0.25, 0.3) is 0 Å². The lowest BCUT2D eigenvalue weighted by Crippen LogP contribution is -2.34. The van der Waals surface area contributed by atoms with Crippen molar-refractivity contribution in [2.45, 2.75) is 53.0 Å². The standard InChI is InChI=1S/C16H26N2O/c1-11(16(2,3)4)10-17-13-6-5-7-14-12(13)8-9-15(19)18-14/h8-9,11,13,17H,5-7,10H2,1-4H3,(H,18,19). The summed E-state index contributed by atoms with van der Waals surface area (Å²) in [5.41, 5.74) is 2.75. The van der Waals surface area contributed by atoms with Crippen molar-refractivity contribution >= 4 is 0 Å². The van der Waals surface area contributed by atoms with Gasteiger partial charge in [-0.3, -0.25) is 4.79 Å². The van der Waals surface area contributed by atoms with Crippen molar-refractivity contribution in [1.29, 1.82) is 0 Å². The minimum Gasteiger partial charge on any atom is -0.326 e. The average molecular weight is 262 g/mol. The number of H-pyrrole nitrogens is 1. The van der Waals surface area contributed by atoms with Crippen LogP contribution in [0.4, 0.5) is 0 Å². The number of aromatic nitrogens is 1. The van der Waals surface area contributed by atoms with E-state index in [9.17, 15) is 4.79 Å². The molecule has 1 aliphatic rings. The van der Waals surface area contributed by atoms with Crippen molar-refractivity contribution in [2.24, 2.45) is 11.3 Å². The molecular weight excluding hydrogens is 236 g/mol. The molecular formula is C16H26N2O. The van der Waals surface area contributed by atoms with E-state index in [-0.39, 0.29) is 5.56 Å². The molecule has 1 aromatic heterocycles. The van der Waals surface area contributed by atoms with Crippen LogP contribution >= 0.6 is 0 Å². The molecule has 1 heterocycles. The van der Waals surface area contributed by atoms with Crippen LogP contribution in [0.5, 0.6) is 0 Å². The van der Waals surface area contributed by atoms with Crippen LogP contribution in [0.3, 0.4) is 0 Å². The second kappa shape index (κ2) is 5.49. The highest BCUT2D eigenvalue weighted by atomic mass is 16.1. The number of nitrogens with one attached hydrogen (secondary N) is 2. The molecule has 0 radical (unpaired) electrons. The maximum absolute atomic E-state index is 11.4. The Balaban J connectivity index is 2.06. The summed E-state index contributed by atoms with van der Waals surface area (Å²) in [6, 6.07) is 4.03. The number of hydrogen-bond donors (Lipinski definition) is 2. The number of rotatable bonds is 3. The summed E-state index contributed by atoms with van der Waals surface area (Å²) in [4.78, 5) is 14.3. The number of hydrogen-bond acceptors (Lipinski definition) is 2. The van der Waals surface area contributed by atoms with E-state index in [0.717, 1.165) is 31.5 Å². The van der Waals surface area contributed by atoms with Crippen molar-refractivity contribution in [2.75, 3.05) is 6.54 Å². The van der Waals surface area contributed by atoms with Crippen molar-refractivity contribution < 1.29 is 0 Å². The first-order valence-corrected chi connectivity index (χ1v) is 7.33. The molecule has 2 atom stereocenters. The molecule has 3 nitrogen and oxygen atoms in total. The molecule has 2 N–H and O–H groups in total. The third-order valence-electron chi connectivity index (χ3n) is 4.48. The van der Waals surface area contributed by atoms with Gasteiger partial charge in [0.05, 0.1) is 0 Å². The van der Waals surface area contributed by atoms with Crippen LogP contribution in [0.2, 0.25) is 0 Å². The fraction of sp³-hybridized carbons (Fsp3) is 0.688. The van der Waals surface area contributed by atoms with Crippen LogP contribution in [0, 0.1) is 11.3 Å². The maximum Gasteiger partial charge on any atom is 0.248 e. The summed E-state index contributed by atoms with van der Waals surface area (Å²) >= 11 is 0. The molecule has 0 aromatic carbocycles. The molecule has 2 rings (SSSR count). The Hall–Kier alpha value is -1.09. The highest BCUT2D eigenvalue weighted by Crippen LogP contribution is 2.29. The lowest BCUT2D eigenvalue weighted by Gasteiger charge is -2.31. The van der Waals surface area contributed by atoms with Gasteiger partial charge in [-0.2, -0.15) is 0 Å². The predicted octanol–water partition coefficient (Wildman–Crippen LogP) is 3.02. The van der Waals surface area contributed by atoms with Gasteiger partial charge in [0, 0.05) is 17.8 Å². The van der Waals surface area contributed by atoms with E-state index in [4.69, 9.17) is 0 Å². The Kier molecular flexibility index (Phi) is 4.14. The molecule has 0 bridgehead atoms. The highest BCUT2D eigenvalue weighted by molar-refractivity contribution is 5.26. The zero-order chi connectivity index (χ0) is 14.0. The van der Waals surface area contributed by atoms with Gasteiger partial charge in [0.15, 0.2) is 0 Å². The van der Waals surface area contributed by atoms with Crippen molar-refractivity contribution in [3.8, 4) is 0 Å². The van der Waals surface area contributed by atoms with E-state index in [1.807, 2.05) is 6.07 Å². The third kappa shape index (κ3) is 3.47. The maximum atomic E-state index is 11.4. The Morgan fingerprint density at radius 1 is 1.42 bits per heavy atom. The molecule has 0 spiro atoms. The molecule has 0 aliphatic heterocycles. The molecule has 106 valence electrons. The van der Waals surface area contributed by atoms with Crippen LogP contribution in [0.1, 0.15) is 57.8 Å². The number of aryl methyl sites for hydroxylation is 1. The van der Waals surface area contributed by atoms with Gasteiger partial charge < -0.3 is 10.3 Å². The summed E-state index contributed by atoms with van der Waals surface area (Å²) in [7, 11) is 0. The second-order valence-corrected chi connectivity index (χ2v) is 6.88. The summed E-state index contributed by atoms with van der Waals surface area (Å²) in [6.45, 7) is 10.2. The largest absolute Gasteiger partial charge is 0.326 e. The van der Waals surface area contributed by atoms with Crippen LogP contribution < -0.4 is 10.9 Å². The van der Waals surface area contributed by atoms with Gasteiger partial charge >= 0.3 is 0 Å². The molecule has 19 heavy (non-hydrogen) atoms. The minimum absolute atomic E-state index is 0.0162. The predicted molar refractivity (Wildman–Crippen MR) is 79.4 cm³/mol. The molecule has 0 amide bonds. The Morgan fingerprint density at radius 2 is 2.16 bits per heavy atom. The van der Waals surface area contributed by atoms with E-state index >= 15 is 0 Å². The van der Waals surface area contributed by atoms with E-state index in [1.165, 1.54) is 5.56 Å². The second-order valence-electron chi connectivity index (χ2n) is 6.88. The molecule has 2 unspecified atom stereocenters. The Morgan fingerprint density at radius 3 is 2.84 bits per heavy atom. The van der Waals surface area contributed by atoms with Gasteiger partial charge in [-0.1, -0.05) is 33.8 Å². The average Bonchev–Trinajstić information content (AvgIpc) is 2.34. The van der Waals surface area contributed by atoms with Crippen molar-refractivity contribution in [1.82, 2.24) is 10.3 Å². The quantitative estimate of drug-likeness (QED) is 0.879. The van der Waals surface area contributed by atoms with Gasteiger partial charge in [0.25, 0.3) is 0 Å². The molecule has 0 saturated heterocycles. The number of aromatic amines is 1. The van der Waals surface area contributed by atoms with Crippen LogP contribution in [0.15, 0.2) is 16.9 Å². The van der Waals surface area contributed by atoms with Gasteiger partial charge in [0.1, 0.15) is 0 Å². The smallest absolute Gasteiger partial charge is 0.248 e. The van der Waals surface area contributed by atoms with E-state index in [1.54, 1.807) is 6.07 Å². The monoisotopic (exact) mass is 262 g/mol. The van der Waals surface area contributed by atoms with E-state index in [2.05, 4.69) is 38.0 Å².